The van der Waals surface area contributed by atoms with Crippen molar-refractivity contribution >= 4 is 11.7 Å². The van der Waals surface area contributed by atoms with E-state index in [1.54, 1.807) is 35.1 Å². The summed E-state index contributed by atoms with van der Waals surface area (Å²) in [4.78, 5) is 16.7. The molecule has 3 aromatic rings. The van der Waals surface area contributed by atoms with Crippen LogP contribution in [-0.2, 0) is 13.0 Å². The average Bonchev–Trinajstić information content (AvgIpc) is 3.14. The highest BCUT2D eigenvalue weighted by molar-refractivity contribution is 6.04. The van der Waals surface area contributed by atoms with Gasteiger partial charge in [-0.25, -0.2) is 0 Å². The quantitative estimate of drug-likeness (QED) is 0.765. The number of rotatable bonds is 5. The number of carbonyl (C=O) groups excluding carboxylic acids is 1. The summed E-state index contributed by atoms with van der Waals surface area (Å²) in [5.74, 6) is 1.51. The van der Waals surface area contributed by atoms with E-state index < -0.39 is 0 Å². The third-order valence-electron chi connectivity index (χ3n) is 4.01. The van der Waals surface area contributed by atoms with E-state index in [4.69, 9.17) is 9.47 Å². The van der Waals surface area contributed by atoms with Gasteiger partial charge in [0.2, 0.25) is 0 Å². The van der Waals surface area contributed by atoms with E-state index >= 15 is 0 Å². The number of aryl methyl sites for hydroxylation is 2. The standard InChI is InChI=1S/C19H18N4O3/c24-19(14-4-5-16-17(13-14)26-12-11-25-16)21-18-7-10-23(22-18)9-6-15-3-1-2-8-20-15/h1-5,7-8,10,13H,6,9,11-12H2,(H,21,22,24). The topological polar surface area (TPSA) is 78.3 Å². The Morgan fingerprint density at radius 3 is 2.85 bits per heavy atom. The van der Waals surface area contributed by atoms with E-state index in [1.165, 1.54) is 0 Å². The van der Waals surface area contributed by atoms with Crippen LogP contribution in [0, 0.1) is 0 Å². The van der Waals surface area contributed by atoms with Crippen LogP contribution in [0.2, 0.25) is 0 Å². The molecule has 1 amide bonds. The molecule has 1 aliphatic heterocycles. The molecule has 1 aliphatic rings. The third-order valence-corrected chi connectivity index (χ3v) is 4.01. The van der Waals surface area contributed by atoms with Crippen molar-refractivity contribution in [3.8, 4) is 11.5 Å². The second-order valence-corrected chi connectivity index (χ2v) is 5.85. The lowest BCUT2D eigenvalue weighted by Crippen LogP contribution is -2.17. The van der Waals surface area contributed by atoms with Crippen LogP contribution >= 0.6 is 0 Å². The van der Waals surface area contributed by atoms with Crippen LogP contribution in [0.25, 0.3) is 0 Å². The normalized spacial score (nSPS) is 12.6. The Morgan fingerprint density at radius 2 is 2.00 bits per heavy atom. The van der Waals surface area contributed by atoms with Gasteiger partial charge in [0, 0.05) is 42.7 Å². The van der Waals surface area contributed by atoms with Crippen LogP contribution in [0.4, 0.5) is 5.82 Å². The number of aromatic nitrogens is 3. The fourth-order valence-corrected chi connectivity index (χ4v) is 2.70. The van der Waals surface area contributed by atoms with Gasteiger partial charge in [-0.2, -0.15) is 5.10 Å². The largest absolute Gasteiger partial charge is 0.486 e. The van der Waals surface area contributed by atoms with Crippen LogP contribution in [0.3, 0.4) is 0 Å². The van der Waals surface area contributed by atoms with Gasteiger partial charge in [-0.15, -0.1) is 0 Å². The van der Waals surface area contributed by atoms with Crippen molar-refractivity contribution < 1.29 is 14.3 Å². The number of amides is 1. The Kier molecular flexibility index (Phi) is 4.51. The molecule has 1 N–H and O–H groups in total. The molecule has 0 saturated carbocycles. The molecule has 1 aromatic carbocycles. The number of hydrogen-bond donors (Lipinski definition) is 1. The maximum absolute atomic E-state index is 12.4. The molecular weight excluding hydrogens is 332 g/mol. The minimum absolute atomic E-state index is 0.239. The van der Waals surface area contributed by atoms with E-state index in [2.05, 4.69) is 15.4 Å². The minimum Gasteiger partial charge on any atom is -0.486 e. The Bertz CT molecular complexity index is 908. The first-order chi connectivity index (χ1) is 12.8. The Balaban J connectivity index is 1.38. The molecule has 0 aliphatic carbocycles. The summed E-state index contributed by atoms with van der Waals surface area (Å²) in [6.07, 6.45) is 4.39. The van der Waals surface area contributed by atoms with Crippen molar-refractivity contribution in [1.29, 1.82) is 0 Å². The van der Waals surface area contributed by atoms with Crippen molar-refractivity contribution in [2.45, 2.75) is 13.0 Å². The van der Waals surface area contributed by atoms with Crippen molar-refractivity contribution in [2.24, 2.45) is 0 Å². The Morgan fingerprint density at radius 1 is 1.12 bits per heavy atom. The molecule has 26 heavy (non-hydrogen) atoms. The highest BCUT2D eigenvalue weighted by Gasteiger charge is 2.15. The fraction of sp³-hybridized carbons (Fsp3) is 0.211. The summed E-state index contributed by atoms with van der Waals surface area (Å²) in [5.41, 5.74) is 1.50. The van der Waals surface area contributed by atoms with Gasteiger partial charge >= 0.3 is 0 Å². The molecule has 7 nitrogen and oxygen atoms in total. The number of carbonyl (C=O) groups is 1. The first kappa shape index (κ1) is 16.1. The summed E-state index contributed by atoms with van der Waals surface area (Å²) < 4.78 is 12.8. The second kappa shape index (κ2) is 7.26. The zero-order chi connectivity index (χ0) is 17.8. The number of benzene rings is 1. The first-order valence-electron chi connectivity index (χ1n) is 8.42. The fourth-order valence-electron chi connectivity index (χ4n) is 2.70. The molecule has 3 heterocycles. The number of fused-ring (bicyclic) bond motifs is 1. The monoisotopic (exact) mass is 350 g/mol. The number of anilines is 1. The van der Waals surface area contributed by atoms with Crippen LogP contribution in [-0.4, -0.2) is 33.9 Å². The van der Waals surface area contributed by atoms with Gasteiger partial charge in [-0.3, -0.25) is 14.5 Å². The van der Waals surface area contributed by atoms with Gasteiger partial charge < -0.3 is 14.8 Å². The summed E-state index contributed by atoms with van der Waals surface area (Å²) in [7, 11) is 0. The molecule has 132 valence electrons. The molecule has 7 heteroatoms. The third kappa shape index (κ3) is 3.66. The lowest BCUT2D eigenvalue weighted by molar-refractivity contribution is 0.102. The second-order valence-electron chi connectivity index (χ2n) is 5.85. The summed E-state index contributed by atoms with van der Waals surface area (Å²) in [5, 5.41) is 7.18. The number of hydrogen-bond acceptors (Lipinski definition) is 5. The SMILES string of the molecule is O=C(Nc1ccn(CCc2ccccn2)n1)c1ccc2c(c1)OCCO2. The molecular formula is C19H18N4O3. The zero-order valence-electron chi connectivity index (χ0n) is 14.1. The van der Waals surface area contributed by atoms with Gasteiger partial charge in [0.05, 0.1) is 0 Å². The molecule has 0 unspecified atom stereocenters. The van der Waals surface area contributed by atoms with Crippen molar-refractivity contribution in [3.05, 3.63) is 66.1 Å². The van der Waals surface area contributed by atoms with Gasteiger partial charge in [0.25, 0.3) is 5.91 Å². The molecule has 2 aromatic heterocycles. The number of ether oxygens (including phenoxy) is 2. The van der Waals surface area contributed by atoms with E-state index in [0.29, 0.717) is 42.6 Å². The molecule has 0 radical (unpaired) electrons. The number of pyridine rings is 1. The smallest absolute Gasteiger partial charge is 0.257 e. The maximum atomic E-state index is 12.4. The van der Waals surface area contributed by atoms with E-state index in [9.17, 15) is 4.79 Å². The van der Waals surface area contributed by atoms with Gasteiger partial charge in [-0.05, 0) is 30.3 Å². The molecule has 0 atom stereocenters. The van der Waals surface area contributed by atoms with Crippen LogP contribution < -0.4 is 14.8 Å². The summed E-state index contributed by atoms with van der Waals surface area (Å²) >= 11 is 0. The zero-order valence-corrected chi connectivity index (χ0v) is 14.1. The van der Waals surface area contributed by atoms with Crippen molar-refractivity contribution in [1.82, 2.24) is 14.8 Å². The molecule has 0 saturated heterocycles. The van der Waals surface area contributed by atoms with E-state index in [1.807, 2.05) is 24.4 Å². The van der Waals surface area contributed by atoms with Gasteiger partial charge in [0.15, 0.2) is 17.3 Å². The van der Waals surface area contributed by atoms with E-state index in [0.717, 1.165) is 12.1 Å². The van der Waals surface area contributed by atoms with Crippen LogP contribution in [0.5, 0.6) is 11.5 Å². The Hall–Kier alpha value is -3.35. The average molecular weight is 350 g/mol. The lowest BCUT2D eigenvalue weighted by Gasteiger charge is -2.18. The van der Waals surface area contributed by atoms with Crippen molar-refractivity contribution in [3.63, 3.8) is 0 Å². The predicted molar refractivity (Wildman–Crippen MR) is 95.6 cm³/mol. The highest BCUT2D eigenvalue weighted by atomic mass is 16.6. The number of nitrogens with zero attached hydrogens (tertiary/aromatic N) is 3. The summed E-state index contributed by atoms with van der Waals surface area (Å²) in [6, 6.07) is 12.7. The molecule has 0 bridgehead atoms. The van der Waals surface area contributed by atoms with E-state index in [-0.39, 0.29) is 5.91 Å². The molecule has 4 rings (SSSR count). The van der Waals surface area contributed by atoms with Crippen LogP contribution in [0.1, 0.15) is 16.1 Å². The first-order valence-corrected chi connectivity index (χ1v) is 8.42. The molecule has 0 spiro atoms. The summed E-state index contributed by atoms with van der Waals surface area (Å²) in [6.45, 7) is 1.70. The lowest BCUT2D eigenvalue weighted by atomic mass is 10.2. The Labute approximate surface area is 150 Å². The van der Waals surface area contributed by atoms with Gasteiger partial charge in [-0.1, -0.05) is 6.07 Å². The van der Waals surface area contributed by atoms with Crippen molar-refractivity contribution in [2.75, 3.05) is 18.5 Å². The molecule has 0 fully saturated rings. The van der Waals surface area contributed by atoms with Gasteiger partial charge in [0.1, 0.15) is 13.2 Å². The maximum Gasteiger partial charge on any atom is 0.257 e. The minimum atomic E-state index is -0.239. The highest BCUT2D eigenvalue weighted by Crippen LogP contribution is 2.30. The van der Waals surface area contributed by atoms with Crippen LogP contribution in [0.15, 0.2) is 54.9 Å². The number of nitrogens with one attached hydrogen (secondary N) is 1. The predicted octanol–water partition coefficient (Wildman–Crippen LogP) is 2.54.